The lowest BCUT2D eigenvalue weighted by atomic mass is 10.1. The van der Waals surface area contributed by atoms with Crippen molar-refractivity contribution < 1.29 is 14.3 Å². The van der Waals surface area contributed by atoms with Crippen molar-refractivity contribution in [2.24, 2.45) is 0 Å². The molecule has 1 N–H and O–H groups in total. The van der Waals surface area contributed by atoms with Crippen LogP contribution in [0, 0.1) is 0 Å². The van der Waals surface area contributed by atoms with Crippen LogP contribution in [0.3, 0.4) is 0 Å². The van der Waals surface area contributed by atoms with Crippen LogP contribution in [-0.2, 0) is 0 Å². The van der Waals surface area contributed by atoms with E-state index in [0.29, 0.717) is 36.3 Å². The number of carbonyl (C=O) groups excluding carboxylic acids is 1. The fraction of sp³-hybridized carbons (Fsp3) is 0.562. The third-order valence-corrected chi connectivity index (χ3v) is 3.67. The second kappa shape index (κ2) is 8.86. The molecule has 0 bridgehead atoms. The van der Waals surface area contributed by atoms with Crippen LogP contribution in [0.15, 0.2) is 18.2 Å². The molecule has 0 aromatic heterocycles. The number of ether oxygens (including phenoxy) is 2. The fourth-order valence-electron chi connectivity index (χ4n) is 2.55. The quantitative estimate of drug-likeness (QED) is 0.871. The molecule has 0 radical (unpaired) electrons. The van der Waals surface area contributed by atoms with Gasteiger partial charge in [-0.2, -0.15) is 0 Å². The Morgan fingerprint density at radius 3 is 2.55 bits per heavy atom. The Bertz CT molecular complexity index is 496. The van der Waals surface area contributed by atoms with E-state index in [9.17, 15) is 4.79 Å². The Morgan fingerprint density at radius 2 is 1.95 bits per heavy atom. The molecule has 1 fully saturated rings. The smallest absolute Gasteiger partial charge is 0.254 e. The summed E-state index contributed by atoms with van der Waals surface area (Å²) in [6.07, 6.45) is 0.998. The predicted molar refractivity (Wildman–Crippen MR) is 89.4 cm³/mol. The summed E-state index contributed by atoms with van der Waals surface area (Å²) in [5.41, 5.74) is 0.652. The summed E-state index contributed by atoms with van der Waals surface area (Å²) in [6.45, 7) is 6.51. The van der Waals surface area contributed by atoms with Gasteiger partial charge >= 0.3 is 0 Å². The van der Waals surface area contributed by atoms with Gasteiger partial charge in [0.15, 0.2) is 11.5 Å². The highest BCUT2D eigenvalue weighted by atomic mass is 35.5. The van der Waals surface area contributed by atoms with Crippen LogP contribution in [0.25, 0.3) is 0 Å². The van der Waals surface area contributed by atoms with E-state index < -0.39 is 0 Å². The monoisotopic (exact) mass is 328 g/mol. The Kier molecular flexibility index (Phi) is 7.48. The molecule has 1 aliphatic rings. The Labute approximate surface area is 138 Å². The lowest BCUT2D eigenvalue weighted by Gasteiger charge is -2.18. The average molecular weight is 329 g/mol. The molecule has 2 rings (SSSR count). The number of hydrogen-bond acceptors (Lipinski definition) is 4. The maximum atomic E-state index is 12.5. The molecule has 1 aromatic rings. The molecule has 1 aliphatic heterocycles. The molecule has 1 unspecified atom stereocenters. The minimum atomic E-state index is 0. The van der Waals surface area contributed by atoms with Crippen molar-refractivity contribution in [3.05, 3.63) is 23.8 Å². The highest BCUT2D eigenvalue weighted by Gasteiger charge is 2.26. The molecule has 1 heterocycles. The lowest BCUT2D eigenvalue weighted by Crippen LogP contribution is -2.33. The van der Waals surface area contributed by atoms with Crippen molar-refractivity contribution in [3.63, 3.8) is 0 Å². The molecule has 1 atom stereocenters. The first-order valence-corrected chi connectivity index (χ1v) is 7.55. The number of rotatable bonds is 6. The van der Waals surface area contributed by atoms with E-state index in [0.717, 1.165) is 19.5 Å². The van der Waals surface area contributed by atoms with Gasteiger partial charge in [0, 0.05) is 24.7 Å². The molecule has 124 valence electrons. The van der Waals surface area contributed by atoms with Gasteiger partial charge < -0.3 is 19.7 Å². The number of likely N-dealkylation sites (N-methyl/N-ethyl adjacent to an activating group) is 1. The molecule has 0 spiro atoms. The topological polar surface area (TPSA) is 50.8 Å². The predicted octanol–water partition coefficient (Wildman–Crippen LogP) is 2.34. The van der Waals surface area contributed by atoms with Gasteiger partial charge in [0.25, 0.3) is 5.91 Å². The SMILES string of the molecule is CCOc1ccc(C(=O)N2CCC(NC)C2)cc1OCC.Cl. The van der Waals surface area contributed by atoms with Crippen molar-refractivity contribution in [1.82, 2.24) is 10.2 Å². The number of nitrogens with one attached hydrogen (secondary N) is 1. The number of nitrogens with zero attached hydrogens (tertiary/aromatic N) is 1. The largest absolute Gasteiger partial charge is 0.490 e. The molecule has 22 heavy (non-hydrogen) atoms. The van der Waals surface area contributed by atoms with E-state index >= 15 is 0 Å². The molecule has 1 aromatic carbocycles. The first-order chi connectivity index (χ1) is 10.2. The second-order valence-electron chi connectivity index (χ2n) is 5.05. The summed E-state index contributed by atoms with van der Waals surface area (Å²) in [5, 5.41) is 3.22. The fourth-order valence-corrected chi connectivity index (χ4v) is 2.55. The normalized spacial score (nSPS) is 17.0. The summed E-state index contributed by atoms with van der Waals surface area (Å²) in [7, 11) is 1.93. The van der Waals surface area contributed by atoms with Crippen LogP contribution in [0.5, 0.6) is 11.5 Å². The molecule has 5 nitrogen and oxygen atoms in total. The summed E-state index contributed by atoms with van der Waals surface area (Å²) < 4.78 is 11.1. The lowest BCUT2D eigenvalue weighted by molar-refractivity contribution is 0.0789. The van der Waals surface area contributed by atoms with Crippen molar-refractivity contribution in [2.75, 3.05) is 33.4 Å². The van der Waals surface area contributed by atoms with E-state index in [2.05, 4.69) is 5.32 Å². The second-order valence-corrected chi connectivity index (χ2v) is 5.05. The maximum Gasteiger partial charge on any atom is 0.254 e. The van der Waals surface area contributed by atoms with Crippen LogP contribution in [0.4, 0.5) is 0 Å². The molecule has 1 amide bonds. The number of likely N-dealkylation sites (tertiary alicyclic amines) is 1. The van der Waals surface area contributed by atoms with Gasteiger partial charge in [0.1, 0.15) is 0 Å². The van der Waals surface area contributed by atoms with E-state index in [1.54, 1.807) is 6.07 Å². The van der Waals surface area contributed by atoms with Crippen molar-refractivity contribution in [2.45, 2.75) is 26.3 Å². The zero-order valence-electron chi connectivity index (χ0n) is 13.4. The number of carbonyl (C=O) groups is 1. The third kappa shape index (κ3) is 4.27. The summed E-state index contributed by atoms with van der Waals surface area (Å²) in [6, 6.07) is 5.79. The number of halogens is 1. The van der Waals surface area contributed by atoms with Crippen LogP contribution in [0.1, 0.15) is 30.6 Å². The zero-order valence-corrected chi connectivity index (χ0v) is 14.2. The minimum Gasteiger partial charge on any atom is -0.490 e. The Morgan fingerprint density at radius 1 is 1.27 bits per heavy atom. The van der Waals surface area contributed by atoms with E-state index in [1.807, 2.05) is 37.9 Å². The van der Waals surface area contributed by atoms with Gasteiger partial charge in [-0.25, -0.2) is 0 Å². The number of amides is 1. The van der Waals surface area contributed by atoms with Gasteiger partial charge in [-0.1, -0.05) is 0 Å². The summed E-state index contributed by atoms with van der Waals surface area (Å²) >= 11 is 0. The maximum absolute atomic E-state index is 12.5. The van der Waals surface area contributed by atoms with E-state index in [4.69, 9.17) is 9.47 Å². The molecule has 0 saturated carbocycles. The van der Waals surface area contributed by atoms with Crippen LogP contribution in [-0.4, -0.2) is 50.2 Å². The first-order valence-electron chi connectivity index (χ1n) is 7.55. The van der Waals surface area contributed by atoms with Crippen molar-refractivity contribution >= 4 is 18.3 Å². The molecule has 1 saturated heterocycles. The number of benzene rings is 1. The van der Waals surface area contributed by atoms with Gasteiger partial charge in [0.2, 0.25) is 0 Å². The Balaban J connectivity index is 0.00000242. The molecule has 6 heteroatoms. The van der Waals surface area contributed by atoms with Gasteiger partial charge in [0.05, 0.1) is 13.2 Å². The summed E-state index contributed by atoms with van der Waals surface area (Å²) in [5.74, 6) is 1.37. The molecular formula is C16H25ClN2O3. The Hall–Kier alpha value is -1.46. The van der Waals surface area contributed by atoms with Crippen LogP contribution in [0.2, 0.25) is 0 Å². The van der Waals surface area contributed by atoms with Gasteiger partial charge in [-0.05, 0) is 45.5 Å². The van der Waals surface area contributed by atoms with Crippen LogP contribution < -0.4 is 14.8 Å². The highest BCUT2D eigenvalue weighted by molar-refractivity contribution is 5.95. The zero-order chi connectivity index (χ0) is 15.2. The average Bonchev–Trinajstić information content (AvgIpc) is 2.98. The van der Waals surface area contributed by atoms with Crippen molar-refractivity contribution in [1.29, 1.82) is 0 Å². The van der Waals surface area contributed by atoms with Crippen LogP contribution >= 0.6 is 12.4 Å². The highest BCUT2D eigenvalue weighted by Crippen LogP contribution is 2.29. The van der Waals surface area contributed by atoms with E-state index in [-0.39, 0.29) is 18.3 Å². The summed E-state index contributed by atoms with van der Waals surface area (Å²) in [4.78, 5) is 14.4. The first kappa shape index (κ1) is 18.6. The van der Waals surface area contributed by atoms with Gasteiger partial charge in [-0.3, -0.25) is 4.79 Å². The standard InChI is InChI=1S/C16H24N2O3.ClH/c1-4-20-14-7-6-12(10-15(14)21-5-2)16(19)18-9-8-13(11-18)17-3;/h6-7,10,13,17H,4-5,8-9,11H2,1-3H3;1H. The van der Waals surface area contributed by atoms with E-state index in [1.165, 1.54) is 0 Å². The third-order valence-electron chi connectivity index (χ3n) is 3.67. The molecule has 0 aliphatic carbocycles. The molecular weight excluding hydrogens is 304 g/mol. The van der Waals surface area contributed by atoms with Crippen molar-refractivity contribution in [3.8, 4) is 11.5 Å². The van der Waals surface area contributed by atoms with Gasteiger partial charge in [-0.15, -0.1) is 12.4 Å². The number of hydrogen-bond donors (Lipinski definition) is 1. The minimum absolute atomic E-state index is 0.